The number of furan rings is 1. The summed E-state index contributed by atoms with van der Waals surface area (Å²) in [6.07, 6.45) is -4.88. The molecule has 2 rings (SSSR count). The van der Waals surface area contributed by atoms with E-state index in [4.69, 9.17) is 9.62 Å². The predicted molar refractivity (Wildman–Crippen MR) is 63.0 cm³/mol. The first kappa shape index (κ1) is 13.9. The van der Waals surface area contributed by atoms with E-state index in [2.05, 4.69) is 21.1 Å². The Labute approximate surface area is 112 Å². The standard InChI is InChI=1S/C11H6BrF4NO2/c1-4-6-2-5(13)3-7(12)9(6)19-8(4)10(17-18)11(14,15)16/h2-3,18H,1H3. The SMILES string of the molecule is Cc1c(C(=NO)C(F)(F)F)oc2c(Br)cc(F)cc12. The number of oxime groups is 1. The van der Waals surface area contributed by atoms with Gasteiger partial charge in [0.15, 0.2) is 5.76 Å². The maximum Gasteiger partial charge on any atom is 0.440 e. The minimum atomic E-state index is -4.88. The maximum absolute atomic E-state index is 13.2. The van der Waals surface area contributed by atoms with E-state index in [9.17, 15) is 17.6 Å². The Bertz CT molecular complexity index is 675. The number of fused-ring (bicyclic) bond motifs is 1. The van der Waals surface area contributed by atoms with E-state index in [1.165, 1.54) is 6.92 Å². The molecule has 102 valence electrons. The van der Waals surface area contributed by atoms with Gasteiger partial charge in [0.2, 0.25) is 5.71 Å². The highest BCUT2D eigenvalue weighted by molar-refractivity contribution is 9.10. The van der Waals surface area contributed by atoms with Crippen LogP contribution in [-0.4, -0.2) is 17.1 Å². The van der Waals surface area contributed by atoms with Crippen LogP contribution in [0, 0.1) is 12.7 Å². The molecule has 0 fully saturated rings. The third kappa shape index (κ3) is 2.32. The molecule has 0 amide bonds. The van der Waals surface area contributed by atoms with Crippen molar-refractivity contribution in [1.82, 2.24) is 0 Å². The van der Waals surface area contributed by atoms with Crippen LogP contribution in [0.2, 0.25) is 0 Å². The molecule has 2 aromatic rings. The molecule has 0 aliphatic heterocycles. The van der Waals surface area contributed by atoms with E-state index < -0.39 is 23.5 Å². The molecule has 0 spiro atoms. The average molecular weight is 340 g/mol. The number of rotatable bonds is 1. The zero-order chi connectivity index (χ0) is 14.4. The molecule has 0 atom stereocenters. The van der Waals surface area contributed by atoms with Crippen molar-refractivity contribution in [2.75, 3.05) is 0 Å². The highest BCUT2D eigenvalue weighted by Crippen LogP contribution is 2.35. The van der Waals surface area contributed by atoms with Crippen LogP contribution < -0.4 is 0 Å². The zero-order valence-corrected chi connectivity index (χ0v) is 10.9. The van der Waals surface area contributed by atoms with Gasteiger partial charge in [0.25, 0.3) is 0 Å². The summed E-state index contributed by atoms with van der Waals surface area (Å²) in [5, 5.41) is 10.9. The normalized spacial score (nSPS) is 13.3. The van der Waals surface area contributed by atoms with Gasteiger partial charge in [0, 0.05) is 10.9 Å². The molecule has 0 unspecified atom stereocenters. The fourth-order valence-corrected chi connectivity index (χ4v) is 2.21. The van der Waals surface area contributed by atoms with Crippen LogP contribution >= 0.6 is 15.9 Å². The van der Waals surface area contributed by atoms with Crippen LogP contribution in [0.15, 0.2) is 26.2 Å². The number of hydrogen-bond donors (Lipinski definition) is 1. The Hall–Kier alpha value is -1.57. The van der Waals surface area contributed by atoms with E-state index in [1.807, 2.05) is 0 Å². The zero-order valence-electron chi connectivity index (χ0n) is 9.35. The number of nitrogens with zero attached hydrogens (tertiary/aromatic N) is 1. The minimum Gasteiger partial charge on any atom is -0.453 e. The van der Waals surface area contributed by atoms with Gasteiger partial charge >= 0.3 is 6.18 Å². The fraction of sp³-hybridized carbons (Fsp3) is 0.182. The second kappa shape index (κ2) is 4.52. The van der Waals surface area contributed by atoms with Crippen molar-refractivity contribution < 1.29 is 27.2 Å². The Morgan fingerprint density at radius 2 is 2.00 bits per heavy atom. The molecule has 0 saturated carbocycles. The quantitative estimate of drug-likeness (QED) is 0.362. The van der Waals surface area contributed by atoms with Crippen molar-refractivity contribution in [3.05, 3.63) is 33.7 Å². The van der Waals surface area contributed by atoms with Crippen LogP contribution in [-0.2, 0) is 0 Å². The predicted octanol–water partition coefficient (Wildman–Crippen LogP) is 4.38. The summed E-state index contributed by atoms with van der Waals surface area (Å²) in [7, 11) is 0. The Morgan fingerprint density at radius 1 is 1.37 bits per heavy atom. The largest absolute Gasteiger partial charge is 0.453 e. The van der Waals surface area contributed by atoms with E-state index in [-0.39, 0.29) is 21.0 Å². The van der Waals surface area contributed by atoms with Gasteiger partial charge in [-0.3, -0.25) is 0 Å². The Kier molecular flexibility index (Phi) is 3.29. The van der Waals surface area contributed by atoms with Gasteiger partial charge in [-0.15, -0.1) is 0 Å². The number of alkyl halides is 3. The summed E-state index contributed by atoms with van der Waals surface area (Å²) in [5.74, 6) is -1.26. The molecule has 3 nitrogen and oxygen atoms in total. The molecule has 1 aromatic carbocycles. The van der Waals surface area contributed by atoms with Crippen LogP contribution in [0.1, 0.15) is 11.3 Å². The summed E-state index contributed by atoms with van der Waals surface area (Å²) in [6.45, 7) is 1.32. The molecule has 0 aliphatic rings. The summed E-state index contributed by atoms with van der Waals surface area (Å²) in [4.78, 5) is 0. The summed E-state index contributed by atoms with van der Waals surface area (Å²) >= 11 is 3.00. The van der Waals surface area contributed by atoms with E-state index in [0.29, 0.717) is 0 Å². The first-order chi connectivity index (χ1) is 8.75. The molecule has 0 aliphatic carbocycles. The molecule has 1 heterocycles. The van der Waals surface area contributed by atoms with Crippen LogP contribution in [0.25, 0.3) is 11.0 Å². The molecule has 8 heteroatoms. The lowest BCUT2D eigenvalue weighted by Crippen LogP contribution is -2.24. The van der Waals surface area contributed by atoms with Gasteiger partial charge in [-0.1, -0.05) is 5.16 Å². The van der Waals surface area contributed by atoms with E-state index >= 15 is 0 Å². The Balaban J connectivity index is 2.77. The third-order valence-corrected chi connectivity index (χ3v) is 3.13. The second-order valence-corrected chi connectivity index (χ2v) is 4.62. The summed E-state index contributed by atoms with van der Waals surface area (Å²) in [5.41, 5.74) is -1.46. The topological polar surface area (TPSA) is 45.7 Å². The fourth-order valence-electron chi connectivity index (χ4n) is 1.70. The molecule has 0 bridgehead atoms. The highest BCUT2D eigenvalue weighted by Gasteiger charge is 2.41. The third-order valence-electron chi connectivity index (χ3n) is 2.54. The van der Waals surface area contributed by atoms with Gasteiger partial charge < -0.3 is 9.62 Å². The summed E-state index contributed by atoms with van der Waals surface area (Å²) in [6, 6.07) is 2.12. The van der Waals surface area contributed by atoms with Gasteiger partial charge in [-0.05, 0) is 35.0 Å². The van der Waals surface area contributed by atoms with Crippen molar-refractivity contribution in [1.29, 1.82) is 0 Å². The van der Waals surface area contributed by atoms with Gasteiger partial charge in [-0.2, -0.15) is 13.2 Å². The smallest absolute Gasteiger partial charge is 0.440 e. The van der Waals surface area contributed by atoms with Gasteiger partial charge in [0.05, 0.1) is 4.47 Å². The monoisotopic (exact) mass is 339 g/mol. The molecule has 0 saturated heterocycles. The second-order valence-electron chi connectivity index (χ2n) is 3.77. The van der Waals surface area contributed by atoms with Crippen molar-refractivity contribution >= 4 is 32.6 Å². The average Bonchev–Trinajstić information content (AvgIpc) is 2.57. The molecule has 1 aromatic heterocycles. The van der Waals surface area contributed by atoms with Gasteiger partial charge in [0.1, 0.15) is 11.4 Å². The van der Waals surface area contributed by atoms with Crippen LogP contribution in [0.5, 0.6) is 0 Å². The van der Waals surface area contributed by atoms with E-state index in [0.717, 1.165) is 12.1 Å². The lowest BCUT2D eigenvalue weighted by atomic mass is 10.1. The Morgan fingerprint density at radius 3 is 2.53 bits per heavy atom. The number of halogens is 5. The van der Waals surface area contributed by atoms with Crippen molar-refractivity contribution in [2.45, 2.75) is 13.1 Å². The highest BCUT2D eigenvalue weighted by atomic mass is 79.9. The molecular weight excluding hydrogens is 334 g/mol. The van der Waals surface area contributed by atoms with Crippen LogP contribution in [0.4, 0.5) is 17.6 Å². The summed E-state index contributed by atoms with van der Waals surface area (Å²) < 4.78 is 56.4. The van der Waals surface area contributed by atoms with Crippen molar-refractivity contribution in [2.24, 2.45) is 5.16 Å². The van der Waals surface area contributed by atoms with Crippen LogP contribution in [0.3, 0.4) is 0 Å². The maximum atomic E-state index is 13.2. The first-order valence-electron chi connectivity index (χ1n) is 4.93. The van der Waals surface area contributed by atoms with E-state index in [1.54, 1.807) is 0 Å². The lowest BCUT2D eigenvalue weighted by Gasteiger charge is -2.06. The van der Waals surface area contributed by atoms with Gasteiger partial charge in [-0.25, -0.2) is 4.39 Å². The van der Waals surface area contributed by atoms with Crippen molar-refractivity contribution in [3.8, 4) is 0 Å². The minimum absolute atomic E-state index is 0.0420. The van der Waals surface area contributed by atoms with Crippen molar-refractivity contribution in [3.63, 3.8) is 0 Å². The number of hydrogen-bond acceptors (Lipinski definition) is 3. The first-order valence-corrected chi connectivity index (χ1v) is 5.72. The number of benzene rings is 1. The lowest BCUT2D eigenvalue weighted by molar-refractivity contribution is -0.0609. The molecule has 1 N–H and O–H groups in total. The molecular formula is C11H6BrF4NO2. The number of aryl methyl sites for hydroxylation is 1. The molecule has 19 heavy (non-hydrogen) atoms. The molecule has 0 radical (unpaired) electrons.